The summed E-state index contributed by atoms with van der Waals surface area (Å²) in [5.41, 5.74) is 1.79. The van der Waals surface area contributed by atoms with Crippen molar-refractivity contribution in [3.05, 3.63) is 71.3 Å². The van der Waals surface area contributed by atoms with Crippen molar-refractivity contribution in [1.29, 1.82) is 0 Å². The predicted molar refractivity (Wildman–Crippen MR) is 126 cm³/mol. The van der Waals surface area contributed by atoms with E-state index in [9.17, 15) is 8.78 Å². The van der Waals surface area contributed by atoms with E-state index in [2.05, 4.69) is 15.2 Å². The average Bonchev–Trinajstić information content (AvgIpc) is 2.72. The zero-order chi connectivity index (χ0) is 20.6. The molecule has 0 bridgehead atoms. The maximum atomic E-state index is 13.8. The summed E-state index contributed by atoms with van der Waals surface area (Å²) in [6.45, 7) is 4.02. The Morgan fingerprint density at radius 1 is 1.13 bits per heavy atom. The van der Waals surface area contributed by atoms with Crippen LogP contribution in [-0.4, -0.2) is 62.7 Å². The zero-order valence-corrected chi connectivity index (χ0v) is 19.7. The number of nitrogens with one attached hydrogen (secondary N) is 1. The third-order valence-electron chi connectivity index (χ3n) is 5.06. The zero-order valence-electron chi connectivity index (χ0n) is 17.4. The third kappa shape index (κ3) is 6.88. The van der Waals surface area contributed by atoms with Crippen LogP contribution in [0.5, 0.6) is 0 Å². The predicted octanol–water partition coefficient (Wildman–Crippen LogP) is 3.66. The van der Waals surface area contributed by atoms with Gasteiger partial charge in [-0.3, -0.25) is 9.89 Å². The van der Waals surface area contributed by atoms with Crippen LogP contribution in [0, 0.1) is 11.6 Å². The molecule has 30 heavy (non-hydrogen) atoms. The molecule has 1 atom stereocenters. The van der Waals surface area contributed by atoms with Crippen LogP contribution in [0.15, 0.2) is 53.5 Å². The maximum absolute atomic E-state index is 13.8. The Morgan fingerprint density at radius 2 is 1.80 bits per heavy atom. The van der Waals surface area contributed by atoms with Crippen molar-refractivity contribution in [3.63, 3.8) is 0 Å². The van der Waals surface area contributed by atoms with Crippen molar-refractivity contribution in [3.8, 4) is 0 Å². The van der Waals surface area contributed by atoms with Crippen LogP contribution in [-0.2, 0) is 11.3 Å². The lowest BCUT2D eigenvalue weighted by molar-refractivity contribution is 0.0168. The highest BCUT2D eigenvalue weighted by molar-refractivity contribution is 14.0. The number of ether oxygens (including phenoxy) is 1. The molecular weight excluding hydrogens is 501 g/mol. The van der Waals surface area contributed by atoms with E-state index in [0.29, 0.717) is 32.3 Å². The first kappa shape index (κ1) is 24.5. The largest absolute Gasteiger partial charge is 0.379 e. The van der Waals surface area contributed by atoms with Crippen molar-refractivity contribution in [2.24, 2.45) is 4.99 Å². The highest BCUT2D eigenvalue weighted by Crippen LogP contribution is 2.22. The molecule has 0 saturated carbocycles. The van der Waals surface area contributed by atoms with Gasteiger partial charge in [-0.25, -0.2) is 8.78 Å². The average molecular weight is 530 g/mol. The Hall–Kier alpha value is -1.78. The molecule has 1 unspecified atom stereocenters. The Kier molecular flexibility index (Phi) is 9.93. The number of rotatable bonds is 6. The number of benzene rings is 2. The molecule has 2 aromatic carbocycles. The Labute approximate surface area is 194 Å². The molecule has 0 aliphatic carbocycles. The molecule has 2 aromatic rings. The summed E-state index contributed by atoms with van der Waals surface area (Å²) < 4.78 is 32.8. The van der Waals surface area contributed by atoms with E-state index in [1.165, 1.54) is 18.2 Å². The molecule has 0 spiro atoms. The van der Waals surface area contributed by atoms with Crippen molar-refractivity contribution < 1.29 is 13.5 Å². The Morgan fingerprint density at radius 3 is 2.43 bits per heavy atom. The number of morpholine rings is 1. The van der Waals surface area contributed by atoms with Gasteiger partial charge >= 0.3 is 0 Å². The van der Waals surface area contributed by atoms with Gasteiger partial charge in [0.1, 0.15) is 11.6 Å². The molecule has 1 aliphatic heterocycles. The van der Waals surface area contributed by atoms with Gasteiger partial charge in [-0.1, -0.05) is 24.3 Å². The van der Waals surface area contributed by atoms with Crippen LogP contribution in [0.3, 0.4) is 0 Å². The quantitative estimate of drug-likeness (QED) is 0.352. The summed E-state index contributed by atoms with van der Waals surface area (Å²) in [6, 6.07) is 13.3. The number of guanidine groups is 1. The van der Waals surface area contributed by atoms with Crippen LogP contribution in [0.25, 0.3) is 0 Å². The first-order valence-electron chi connectivity index (χ1n) is 9.80. The maximum Gasteiger partial charge on any atom is 0.193 e. The summed E-state index contributed by atoms with van der Waals surface area (Å²) in [6.07, 6.45) is 0. The normalized spacial score (nSPS) is 15.9. The SMILES string of the molecule is CN=C(NCC(c1cccc(F)c1)N1CCOCC1)N(C)Cc1cccc(F)c1.I. The molecule has 0 radical (unpaired) electrons. The van der Waals surface area contributed by atoms with E-state index in [-0.39, 0.29) is 41.7 Å². The molecule has 0 aromatic heterocycles. The van der Waals surface area contributed by atoms with Crippen molar-refractivity contribution >= 4 is 29.9 Å². The highest BCUT2D eigenvalue weighted by Gasteiger charge is 2.23. The number of nitrogens with zero attached hydrogens (tertiary/aromatic N) is 3. The minimum atomic E-state index is -0.252. The second kappa shape index (κ2) is 12.2. The minimum Gasteiger partial charge on any atom is -0.379 e. The van der Waals surface area contributed by atoms with Gasteiger partial charge in [0.2, 0.25) is 0 Å². The number of hydrogen-bond acceptors (Lipinski definition) is 3. The fraction of sp³-hybridized carbons (Fsp3) is 0.409. The van der Waals surface area contributed by atoms with Gasteiger partial charge in [-0.2, -0.15) is 0 Å². The molecule has 5 nitrogen and oxygen atoms in total. The smallest absolute Gasteiger partial charge is 0.193 e. The molecule has 1 fully saturated rings. The second-order valence-electron chi connectivity index (χ2n) is 7.13. The summed E-state index contributed by atoms with van der Waals surface area (Å²) in [7, 11) is 3.63. The summed E-state index contributed by atoms with van der Waals surface area (Å²) >= 11 is 0. The highest BCUT2D eigenvalue weighted by atomic mass is 127. The van der Waals surface area contributed by atoms with E-state index in [0.717, 1.165) is 24.2 Å². The first-order valence-corrected chi connectivity index (χ1v) is 9.80. The molecule has 164 valence electrons. The van der Waals surface area contributed by atoms with E-state index in [1.807, 2.05) is 24.1 Å². The van der Waals surface area contributed by atoms with Gasteiger partial charge < -0.3 is 15.0 Å². The summed E-state index contributed by atoms with van der Waals surface area (Å²) in [5, 5.41) is 3.40. The van der Waals surface area contributed by atoms with Gasteiger partial charge in [0.25, 0.3) is 0 Å². The van der Waals surface area contributed by atoms with E-state index < -0.39 is 0 Å². The fourth-order valence-electron chi connectivity index (χ4n) is 3.62. The van der Waals surface area contributed by atoms with Gasteiger partial charge in [0.05, 0.1) is 19.3 Å². The molecule has 1 N–H and O–H groups in total. The summed E-state index contributed by atoms with van der Waals surface area (Å²) in [4.78, 5) is 8.59. The van der Waals surface area contributed by atoms with Gasteiger partial charge in [-0.05, 0) is 35.4 Å². The Balaban J connectivity index is 0.00000320. The van der Waals surface area contributed by atoms with Crippen molar-refractivity contribution in [1.82, 2.24) is 15.1 Å². The fourth-order valence-corrected chi connectivity index (χ4v) is 3.62. The molecule has 0 amide bonds. The lowest BCUT2D eigenvalue weighted by Gasteiger charge is -2.35. The molecule has 1 saturated heterocycles. The monoisotopic (exact) mass is 530 g/mol. The topological polar surface area (TPSA) is 40.1 Å². The lowest BCUT2D eigenvalue weighted by atomic mass is 10.0. The van der Waals surface area contributed by atoms with Crippen LogP contribution >= 0.6 is 24.0 Å². The number of aliphatic imine (C=N–C) groups is 1. The van der Waals surface area contributed by atoms with Gasteiger partial charge in [-0.15, -0.1) is 24.0 Å². The number of halogens is 3. The van der Waals surface area contributed by atoms with Crippen LogP contribution in [0.4, 0.5) is 8.78 Å². The van der Waals surface area contributed by atoms with Gasteiger partial charge in [0, 0.05) is 40.3 Å². The second-order valence-corrected chi connectivity index (χ2v) is 7.13. The standard InChI is InChI=1S/C22H28F2N4O.HI/c1-25-22(27(2)16-17-5-3-7-19(23)13-17)26-15-21(28-9-11-29-12-10-28)18-6-4-8-20(24)14-18;/h3-8,13-14,21H,9-12,15-16H2,1-2H3,(H,25,26);1H. The van der Waals surface area contributed by atoms with Crippen LogP contribution in [0.2, 0.25) is 0 Å². The summed E-state index contributed by atoms with van der Waals surface area (Å²) in [5.74, 6) is 0.203. The van der Waals surface area contributed by atoms with Crippen LogP contribution in [0.1, 0.15) is 17.2 Å². The lowest BCUT2D eigenvalue weighted by Crippen LogP contribution is -2.46. The van der Waals surface area contributed by atoms with Gasteiger partial charge in [0.15, 0.2) is 5.96 Å². The third-order valence-corrected chi connectivity index (χ3v) is 5.06. The Bertz CT molecular complexity index is 830. The molecule has 1 aliphatic rings. The molecule has 3 rings (SSSR count). The minimum absolute atomic E-state index is 0. The van der Waals surface area contributed by atoms with Crippen molar-refractivity contribution in [2.75, 3.05) is 46.9 Å². The number of hydrogen-bond donors (Lipinski definition) is 1. The first-order chi connectivity index (χ1) is 14.1. The molecule has 1 heterocycles. The molecule has 8 heteroatoms. The van der Waals surface area contributed by atoms with E-state index in [4.69, 9.17) is 4.74 Å². The van der Waals surface area contributed by atoms with E-state index >= 15 is 0 Å². The van der Waals surface area contributed by atoms with E-state index in [1.54, 1.807) is 25.2 Å². The molecular formula is C22H29F2IN4O. The van der Waals surface area contributed by atoms with Crippen molar-refractivity contribution in [2.45, 2.75) is 12.6 Å². The van der Waals surface area contributed by atoms with Crippen LogP contribution < -0.4 is 5.32 Å².